The van der Waals surface area contributed by atoms with Gasteiger partial charge in [0, 0.05) is 23.9 Å². The molecule has 0 aliphatic carbocycles. The Labute approximate surface area is 156 Å². The van der Waals surface area contributed by atoms with Crippen molar-refractivity contribution >= 4 is 29.3 Å². The maximum Gasteiger partial charge on any atom is 0.331 e. The first-order valence-electron chi connectivity index (χ1n) is 8.34. The molecule has 1 amide bonds. The highest BCUT2D eigenvalue weighted by Gasteiger charge is 2.07. The first-order chi connectivity index (χ1) is 12.8. The third kappa shape index (κ3) is 6.39. The lowest BCUT2D eigenvalue weighted by Crippen LogP contribution is -2.20. The minimum absolute atomic E-state index is 0.0756. The van der Waals surface area contributed by atoms with Gasteiger partial charge in [0.1, 0.15) is 0 Å². The van der Waals surface area contributed by atoms with Gasteiger partial charge in [-0.15, -0.1) is 0 Å². The highest BCUT2D eigenvalue weighted by molar-refractivity contribution is 5.94. The predicted octanol–water partition coefficient (Wildman–Crippen LogP) is 3.91. The highest BCUT2D eigenvalue weighted by atomic mass is 16.6. The van der Waals surface area contributed by atoms with Gasteiger partial charge in [0.2, 0.25) is 0 Å². The van der Waals surface area contributed by atoms with E-state index in [0.29, 0.717) is 17.2 Å². The van der Waals surface area contributed by atoms with Gasteiger partial charge in [-0.3, -0.25) is 14.9 Å². The van der Waals surface area contributed by atoms with Crippen LogP contribution in [0.1, 0.15) is 30.9 Å². The number of ether oxygens (including phenoxy) is 1. The Kier molecular flexibility index (Phi) is 6.82. The number of nitro benzene ring substituents is 1. The van der Waals surface area contributed by atoms with Crippen LogP contribution in [-0.2, 0) is 14.3 Å². The second-order valence-corrected chi connectivity index (χ2v) is 6.12. The monoisotopic (exact) mass is 368 g/mol. The minimum atomic E-state index is -0.716. The number of anilines is 1. The fraction of sp³-hybridized carbons (Fsp3) is 0.200. The van der Waals surface area contributed by atoms with Crippen LogP contribution in [0.15, 0.2) is 54.6 Å². The molecule has 0 aliphatic rings. The van der Waals surface area contributed by atoms with Crippen LogP contribution in [0.5, 0.6) is 0 Å². The van der Waals surface area contributed by atoms with E-state index in [-0.39, 0.29) is 5.69 Å². The number of nitrogens with zero attached hydrogens (tertiary/aromatic N) is 1. The van der Waals surface area contributed by atoms with Crippen LogP contribution in [0.25, 0.3) is 6.08 Å². The fourth-order valence-electron chi connectivity index (χ4n) is 2.24. The van der Waals surface area contributed by atoms with E-state index in [1.54, 1.807) is 18.2 Å². The molecule has 2 aromatic carbocycles. The smallest absolute Gasteiger partial charge is 0.331 e. The van der Waals surface area contributed by atoms with Crippen molar-refractivity contribution in [3.8, 4) is 0 Å². The molecule has 1 N–H and O–H groups in total. The Morgan fingerprint density at radius 1 is 1.19 bits per heavy atom. The quantitative estimate of drug-likeness (QED) is 0.346. The van der Waals surface area contributed by atoms with E-state index in [9.17, 15) is 19.7 Å². The first kappa shape index (κ1) is 19.8. The summed E-state index contributed by atoms with van der Waals surface area (Å²) in [6.45, 7) is 3.73. The molecular weight excluding hydrogens is 348 g/mol. The number of benzene rings is 2. The molecule has 0 saturated carbocycles. The molecule has 0 unspecified atom stereocenters. The van der Waals surface area contributed by atoms with Crippen LogP contribution >= 0.6 is 0 Å². The molecule has 0 fully saturated rings. The number of rotatable bonds is 7. The van der Waals surface area contributed by atoms with Gasteiger partial charge in [-0.05, 0) is 35.3 Å². The third-order valence-corrected chi connectivity index (χ3v) is 3.70. The van der Waals surface area contributed by atoms with Crippen molar-refractivity contribution in [3.05, 3.63) is 75.8 Å². The van der Waals surface area contributed by atoms with Crippen molar-refractivity contribution in [1.29, 1.82) is 0 Å². The Bertz CT molecular complexity index is 857. The van der Waals surface area contributed by atoms with Crippen LogP contribution < -0.4 is 5.32 Å². The number of carbonyl (C=O) groups is 2. The summed E-state index contributed by atoms with van der Waals surface area (Å²) in [6.07, 6.45) is 2.50. The Morgan fingerprint density at radius 2 is 1.89 bits per heavy atom. The molecule has 7 heteroatoms. The van der Waals surface area contributed by atoms with Crippen molar-refractivity contribution in [2.45, 2.75) is 19.8 Å². The summed E-state index contributed by atoms with van der Waals surface area (Å²) in [6, 6.07) is 13.2. The van der Waals surface area contributed by atoms with Gasteiger partial charge in [-0.25, -0.2) is 4.79 Å². The van der Waals surface area contributed by atoms with Crippen LogP contribution in [0.4, 0.5) is 11.4 Å². The molecule has 2 rings (SSSR count). The first-order valence-corrected chi connectivity index (χ1v) is 8.34. The second kappa shape index (κ2) is 9.28. The average Bonchev–Trinajstić information content (AvgIpc) is 2.65. The van der Waals surface area contributed by atoms with Gasteiger partial charge >= 0.3 is 5.97 Å². The predicted molar refractivity (Wildman–Crippen MR) is 102 cm³/mol. The molecule has 7 nitrogen and oxygen atoms in total. The van der Waals surface area contributed by atoms with E-state index in [1.807, 2.05) is 12.1 Å². The number of non-ortho nitro benzene ring substituents is 1. The molecular formula is C20H20N2O5. The zero-order chi connectivity index (χ0) is 19.8. The van der Waals surface area contributed by atoms with Crippen molar-refractivity contribution in [1.82, 2.24) is 0 Å². The molecule has 0 radical (unpaired) electrons. The van der Waals surface area contributed by atoms with Crippen molar-refractivity contribution in [3.63, 3.8) is 0 Å². The number of hydrogen-bond donors (Lipinski definition) is 1. The van der Waals surface area contributed by atoms with Crippen LogP contribution in [0.2, 0.25) is 0 Å². The van der Waals surface area contributed by atoms with Gasteiger partial charge in [0.25, 0.3) is 11.6 Å². The summed E-state index contributed by atoms with van der Waals surface area (Å²) in [4.78, 5) is 33.7. The van der Waals surface area contributed by atoms with Gasteiger partial charge < -0.3 is 10.1 Å². The molecule has 0 saturated heterocycles. The summed E-state index contributed by atoms with van der Waals surface area (Å²) >= 11 is 0. The lowest BCUT2D eigenvalue weighted by atomic mass is 10.0. The van der Waals surface area contributed by atoms with Gasteiger partial charge in [-0.1, -0.05) is 38.1 Å². The van der Waals surface area contributed by atoms with Crippen LogP contribution in [0, 0.1) is 10.1 Å². The Morgan fingerprint density at radius 3 is 2.52 bits per heavy atom. The second-order valence-electron chi connectivity index (χ2n) is 6.12. The maximum atomic E-state index is 11.8. The molecule has 0 aliphatic heterocycles. The summed E-state index contributed by atoms with van der Waals surface area (Å²) in [7, 11) is 0. The number of nitrogens with one attached hydrogen (secondary N) is 1. The molecule has 0 spiro atoms. The van der Waals surface area contributed by atoms with Gasteiger partial charge in [0.15, 0.2) is 6.61 Å². The summed E-state index contributed by atoms with van der Waals surface area (Å²) in [5, 5.41) is 13.4. The Hall–Kier alpha value is -3.48. The molecule has 27 heavy (non-hydrogen) atoms. The molecule has 0 atom stereocenters. The number of nitro groups is 1. The summed E-state index contributed by atoms with van der Waals surface area (Å²) in [5.41, 5.74) is 2.18. The molecule has 2 aromatic rings. The number of carbonyl (C=O) groups excluding carboxylic acids is 2. The Balaban J connectivity index is 1.83. The zero-order valence-electron chi connectivity index (χ0n) is 15.0. The summed E-state index contributed by atoms with van der Waals surface area (Å²) < 4.78 is 4.87. The van der Waals surface area contributed by atoms with E-state index in [4.69, 9.17) is 4.74 Å². The lowest BCUT2D eigenvalue weighted by molar-refractivity contribution is -0.384. The number of amides is 1. The number of hydrogen-bond acceptors (Lipinski definition) is 5. The standard InChI is InChI=1S/C20H20N2O5/c1-14(2)16-7-9-17(10-8-16)21-19(23)13-27-20(24)11-6-15-4-3-5-18(12-15)22(25)26/h3-12,14H,13H2,1-2H3,(H,21,23). The summed E-state index contributed by atoms with van der Waals surface area (Å²) in [5.74, 6) is -0.773. The van der Waals surface area contributed by atoms with E-state index in [0.717, 1.165) is 11.6 Å². The fourth-order valence-corrected chi connectivity index (χ4v) is 2.24. The largest absolute Gasteiger partial charge is 0.452 e. The van der Waals surface area contributed by atoms with Gasteiger partial charge in [0.05, 0.1) is 4.92 Å². The van der Waals surface area contributed by atoms with Crippen molar-refractivity contribution in [2.24, 2.45) is 0 Å². The van der Waals surface area contributed by atoms with E-state index >= 15 is 0 Å². The van der Waals surface area contributed by atoms with Gasteiger partial charge in [-0.2, -0.15) is 0 Å². The number of esters is 1. The van der Waals surface area contributed by atoms with Crippen molar-refractivity contribution < 1.29 is 19.2 Å². The third-order valence-electron chi connectivity index (χ3n) is 3.70. The van der Waals surface area contributed by atoms with E-state index in [1.165, 1.54) is 24.3 Å². The lowest BCUT2D eigenvalue weighted by Gasteiger charge is -2.08. The SMILES string of the molecule is CC(C)c1ccc(NC(=O)COC(=O)C=Cc2cccc([N+](=O)[O-])c2)cc1. The van der Waals surface area contributed by atoms with E-state index in [2.05, 4.69) is 19.2 Å². The molecule has 0 aromatic heterocycles. The normalized spacial score (nSPS) is 10.8. The zero-order valence-corrected chi connectivity index (χ0v) is 15.0. The minimum Gasteiger partial charge on any atom is -0.452 e. The molecule has 0 heterocycles. The topological polar surface area (TPSA) is 98.5 Å². The van der Waals surface area contributed by atoms with Crippen LogP contribution in [0.3, 0.4) is 0 Å². The molecule has 0 bridgehead atoms. The average molecular weight is 368 g/mol. The highest BCUT2D eigenvalue weighted by Crippen LogP contribution is 2.17. The van der Waals surface area contributed by atoms with E-state index < -0.39 is 23.4 Å². The van der Waals surface area contributed by atoms with Crippen LogP contribution in [-0.4, -0.2) is 23.4 Å². The van der Waals surface area contributed by atoms with Crippen molar-refractivity contribution in [2.75, 3.05) is 11.9 Å². The molecule has 140 valence electrons. The maximum absolute atomic E-state index is 11.8.